The molecule has 158 valence electrons. The Kier molecular flexibility index (Phi) is 7.09. The Hall–Kier alpha value is -1.76. The molecule has 3 rings (SSSR count). The maximum Gasteiger partial charge on any atom is 0.246 e. The number of piperazine rings is 1. The number of anilines is 1. The molecule has 2 aromatic carbocycles. The van der Waals surface area contributed by atoms with Crippen LogP contribution in [0.2, 0.25) is 5.02 Å². The first-order valence-electron chi connectivity index (χ1n) is 10.1. The highest BCUT2D eigenvalue weighted by atomic mass is 35.5. The molecule has 1 fully saturated rings. The molecule has 29 heavy (non-hydrogen) atoms. The van der Waals surface area contributed by atoms with E-state index in [0.29, 0.717) is 38.5 Å². The summed E-state index contributed by atoms with van der Waals surface area (Å²) in [5.74, 6) is 0.441. The van der Waals surface area contributed by atoms with E-state index in [9.17, 15) is 8.42 Å². The molecular formula is C22H29ClN2O3S. The van der Waals surface area contributed by atoms with Crippen molar-refractivity contribution in [1.29, 1.82) is 0 Å². The van der Waals surface area contributed by atoms with Crippen LogP contribution in [-0.2, 0) is 10.0 Å². The first kappa shape index (κ1) is 21.9. The number of sulfonamides is 1. The summed E-state index contributed by atoms with van der Waals surface area (Å²) in [6.45, 7) is 8.56. The third-order valence-electron chi connectivity index (χ3n) is 5.23. The number of ether oxygens (including phenoxy) is 1. The van der Waals surface area contributed by atoms with Crippen LogP contribution >= 0.6 is 11.6 Å². The maximum absolute atomic E-state index is 13.3. The van der Waals surface area contributed by atoms with Crippen LogP contribution in [0, 0.1) is 13.8 Å². The highest BCUT2D eigenvalue weighted by molar-refractivity contribution is 7.89. The molecule has 0 radical (unpaired) electrons. The highest BCUT2D eigenvalue weighted by Gasteiger charge is 2.31. The monoisotopic (exact) mass is 436 g/mol. The molecule has 0 amide bonds. The molecule has 0 N–H and O–H groups in total. The molecule has 0 atom stereocenters. The van der Waals surface area contributed by atoms with Gasteiger partial charge in [-0.1, -0.05) is 37.1 Å². The molecule has 0 bridgehead atoms. The van der Waals surface area contributed by atoms with Crippen molar-refractivity contribution in [3.8, 4) is 5.75 Å². The van der Waals surface area contributed by atoms with Crippen molar-refractivity contribution in [3.63, 3.8) is 0 Å². The van der Waals surface area contributed by atoms with Crippen molar-refractivity contribution in [1.82, 2.24) is 4.31 Å². The van der Waals surface area contributed by atoms with Crippen molar-refractivity contribution in [3.05, 3.63) is 52.5 Å². The van der Waals surface area contributed by atoms with Crippen molar-refractivity contribution < 1.29 is 13.2 Å². The molecule has 1 saturated heterocycles. The number of rotatable bonds is 7. The van der Waals surface area contributed by atoms with E-state index in [4.69, 9.17) is 16.3 Å². The predicted octanol–water partition coefficient (Wildman–Crippen LogP) is 4.65. The second-order valence-electron chi connectivity index (χ2n) is 7.48. The van der Waals surface area contributed by atoms with Crippen LogP contribution in [0.15, 0.2) is 41.3 Å². The van der Waals surface area contributed by atoms with Gasteiger partial charge in [0, 0.05) is 36.9 Å². The van der Waals surface area contributed by atoms with E-state index in [1.165, 1.54) is 0 Å². The van der Waals surface area contributed by atoms with Crippen LogP contribution in [0.25, 0.3) is 0 Å². The molecule has 1 aliphatic heterocycles. The van der Waals surface area contributed by atoms with Crippen LogP contribution in [0.4, 0.5) is 5.69 Å². The summed E-state index contributed by atoms with van der Waals surface area (Å²) in [4.78, 5) is 2.44. The van der Waals surface area contributed by atoms with Crippen LogP contribution in [-0.4, -0.2) is 45.5 Å². The highest BCUT2D eigenvalue weighted by Crippen LogP contribution is 2.30. The maximum atomic E-state index is 13.3. The molecule has 7 heteroatoms. The van der Waals surface area contributed by atoms with Crippen molar-refractivity contribution in [2.24, 2.45) is 0 Å². The van der Waals surface area contributed by atoms with E-state index < -0.39 is 10.0 Å². The third-order valence-corrected chi connectivity index (χ3v) is 7.56. The van der Waals surface area contributed by atoms with Gasteiger partial charge in [-0.2, -0.15) is 4.31 Å². The van der Waals surface area contributed by atoms with Gasteiger partial charge in [-0.05, 0) is 55.7 Å². The average molecular weight is 437 g/mol. The zero-order chi connectivity index (χ0) is 21.0. The number of aryl methyl sites for hydroxylation is 2. The minimum atomic E-state index is -3.62. The van der Waals surface area contributed by atoms with Crippen LogP contribution < -0.4 is 9.64 Å². The Balaban J connectivity index is 1.76. The summed E-state index contributed by atoms with van der Waals surface area (Å²) < 4.78 is 34.0. The standard InChI is InChI=1S/C22H29ClN2O3S/c1-4-5-14-28-21-9-6-17(2)15-22(21)29(26,27)25-12-10-24(11-13-25)19-8-7-18(3)20(23)16-19/h6-9,15-16H,4-5,10-14H2,1-3H3. The number of benzene rings is 2. The van der Waals surface area contributed by atoms with E-state index in [-0.39, 0.29) is 4.90 Å². The Morgan fingerprint density at radius 2 is 1.76 bits per heavy atom. The van der Waals surface area contributed by atoms with E-state index >= 15 is 0 Å². The van der Waals surface area contributed by atoms with Crippen molar-refractivity contribution >= 4 is 27.3 Å². The van der Waals surface area contributed by atoms with Crippen LogP contribution in [0.5, 0.6) is 5.75 Å². The van der Waals surface area contributed by atoms with E-state index in [0.717, 1.165) is 34.7 Å². The minimum absolute atomic E-state index is 0.264. The normalized spacial score (nSPS) is 15.5. The fraction of sp³-hybridized carbons (Fsp3) is 0.455. The number of nitrogens with zero attached hydrogens (tertiary/aromatic N) is 2. The summed E-state index contributed by atoms with van der Waals surface area (Å²) in [5.41, 5.74) is 2.96. The second-order valence-corrected chi connectivity index (χ2v) is 9.79. The fourth-order valence-corrected chi connectivity index (χ4v) is 5.18. The van der Waals surface area contributed by atoms with Gasteiger partial charge in [-0.3, -0.25) is 0 Å². The minimum Gasteiger partial charge on any atom is -0.492 e. The van der Waals surface area contributed by atoms with Gasteiger partial charge in [-0.25, -0.2) is 8.42 Å². The molecule has 0 aromatic heterocycles. The Labute approximate surface area is 179 Å². The van der Waals surface area contributed by atoms with Gasteiger partial charge in [0.05, 0.1) is 6.61 Å². The van der Waals surface area contributed by atoms with Gasteiger partial charge in [0.2, 0.25) is 10.0 Å². The summed E-state index contributed by atoms with van der Waals surface area (Å²) in [7, 11) is -3.62. The van der Waals surface area contributed by atoms with Crippen LogP contribution in [0.1, 0.15) is 30.9 Å². The molecule has 0 saturated carbocycles. The lowest BCUT2D eigenvalue weighted by molar-refractivity contribution is 0.299. The second kappa shape index (κ2) is 9.37. The molecule has 0 aliphatic carbocycles. The zero-order valence-corrected chi connectivity index (χ0v) is 18.9. The first-order valence-corrected chi connectivity index (χ1v) is 11.9. The quantitative estimate of drug-likeness (QED) is 0.593. The first-order chi connectivity index (χ1) is 13.8. The van der Waals surface area contributed by atoms with Gasteiger partial charge in [-0.15, -0.1) is 0 Å². The van der Waals surface area contributed by atoms with E-state index in [1.807, 2.05) is 38.1 Å². The molecule has 1 heterocycles. The lowest BCUT2D eigenvalue weighted by atomic mass is 10.2. The molecular weight excluding hydrogens is 408 g/mol. The lowest BCUT2D eigenvalue weighted by Crippen LogP contribution is -2.48. The number of halogens is 1. The number of hydrogen-bond donors (Lipinski definition) is 0. The molecule has 2 aromatic rings. The molecule has 0 spiro atoms. The molecule has 5 nitrogen and oxygen atoms in total. The largest absolute Gasteiger partial charge is 0.492 e. The summed E-state index contributed by atoms with van der Waals surface area (Å²) in [5, 5.41) is 0.728. The summed E-state index contributed by atoms with van der Waals surface area (Å²) in [6, 6.07) is 11.3. The SMILES string of the molecule is CCCCOc1ccc(C)cc1S(=O)(=O)N1CCN(c2ccc(C)c(Cl)c2)CC1. The van der Waals surface area contributed by atoms with Crippen molar-refractivity contribution in [2.45, 2.75) is 38.5 Å². The topological polar surface area (TPSA) is 49.9 Å². The van der Waals surface area contributed by atoms with Crippen molar-refractivity contribution in [2.75, 3.05) is 37.7 Å². The molecule has 0 unspecified atom stereocenters. The lowest BCUT2D eigenvalue weighted by Gasteiger charge is -2.35. The predicted molar refractivity (Wildman–Crippen MR) is 119 cm³/mol. The summed E-state index contributed by atoms with van der Waals surface area (Å²) >= 11 is 6.25. The van der Waals surface area contributed by atoms with Crippen LogP contribution in [0.3, 0.4) is 0 Å². The van der Waals surface area contributed by atoms with E-state index in [1.54, 1.807) is 16.4 Å². The zero-order valence-electron chi connectivity index (χ0n) is 17.3. The Morgan fingerprint density at radius 3 is 2.41 bits per heavy atom. The smallest absolute Gasteiger partial charge is 0.246 e. The number of hydrogen-bond acceptors (Lipinski definition) is 4. The van der Waals surface area contributed by atoms with Gasteiger partial charge >= 0.3 is 0 Å². The third kappa shape index (κ3) is 5.05. The summed E-state index contributed by atoms with van der Waals surface area (Å²) in [6.07, 6.45) is 1.89. The van der Waals surface area contributed by atoms with Gasteiger partial charge < -0.3 is 9.64 Å². The van der Waals surface area contributed by atoms with Gasteiger partial charge in [0.15, 0.2) is 0 Å². The van der Waals surface area contributed by atoms with Gasteiger partial charge in [0.1, 0.15) is 10.6 Å². The molecule has 1 aliphatic rings. The fourth-order valence-electron chi connectivity index (χ4n) is 3.37. The van der Waals surface area contributed by atoms with E-state index in [2.05, 4.69) is 11.8 Å². The van der Waals surface area contributed by atoms with Gasteiger partial charge in [0.25, 0.3) is 0 Å². The Morgan fingerprint density at radius 1 is 1.03 bits per heavy atom. The average Bonchev–Trinajstić information content (AvgIpc) is 2.71. The number of unbranched alkanes of at least 4 members (excludes halogenated alkanes) is 1. The Bertz CT molecular complexity index is 955.